The lowest BCUT2D eigenvalue weighted by Gasteiger charge is -2.10. The molecule has 1 aromatic heterocycles. The summed E-state index contributed by atoms with van der Waals surface area (Å²) >= 11 is 1.52. The van der Waals surface area contributed by atoms with Gasteiger partial charge in [0, 0.05) is 15.3 Å². The molecule has 0 amide bonds. The molecule has 0 aliphatic carbocycles. The summed E-state index contributed by atoms with van der Waals surface area (Å²) in [5, 5.41) is 0. The standard InChI is InChI=1S/C14H11F3OS/c1-8-3-13(9(2)19-8)11-4-10(7-18)5-12(6-11)14(15,16)17/h3-7H,1-2H3. The summed E-state index contributed by atoms with van der Waals surface area (Å²) in [6.07, 6.45) is -4.01. The lowest BCUT2D eigenvalue weighted by atomic mass is 10.0. The Morgan fingerprint density at radius 1 is 1.11 bits per heavy atom. The molecule has 0 radical (unpaired) electrons. The first-order valence-corrected chi connectivity index (χ1v) is 6.38. The number of carbonyl (C=O) groups excluding carboxylic acids is 1. The summed E-state index contributed by atoms with van der Waals surface area (Å²) in [5.74, 6) is 0. The molecule has 0 saturated heterocycles. The van der Waals surface area contributed by atoms with E-state index in [1.165, 1.54) is 17.4 Å². The maximum atomic E-state index is 12.8. The van der Waals surface area contributed by atoms with Gasteiger partial charge in [-0.25, -0.2) is 0 Å². The van der Waals surface area contributed by atoms with Gasteiger partial charge in [-0.3, -0.25) is 4.79 Å². The summed E-state index contributed by atoms with van der Waals surface area (Å²) in [6.45, 7) is 3.75. The average Bonchev–Trinajstić information content (AvgIpc) is 2.66. The number of thiophene rings is 1. The maximum Gasteiger partial charge on any atom is 0.416 e. The molecule has 0 aliphatic heterocycles. The molecular weight excluding hydrogens is 273 g/mol. The molecule has 100 valence electrons. The second-order valence-electron chi connectivity index (χ2n) is 4.29. The smallest absolute Gasteiger partial charge is 0.298 e. The van der Waals surface area contributed by atoms with Gasteiger partial charge < -0.3 is 0 Å². The minimum atomic E-state index is -4.45. The van der Waals surface area contributed by atoms with E-state index in [1.807, 2.05) is 19.9 Å². The van der Waals surface area contributed by atoms with Crippen LogP contribution in [0.5, 0.6) is 0 Å². The Labute approximate surface area is 112 Å². The minimum Gasteiger partial charge on any atom is -0.298 e. The zero-order chi connectivity index (χ0) is 14.2. The molecule has 0 bridgehead atoms. The first-order chi connectivity index (χ1) is 8.81. The summed E-state index contributed by atoms with van der Waals surface area (Å²) in [4.78, 5) is 12.8. The Hall–Kier alpha value is -1.62. The molecule has 0 saturated carbocycles. The van der Waals surface area contributed by atoms with Crippen molar-refractivity contribution in [3.05, 3.63) is 45.1 Å². The van der Waals surface area contributed by atoms with Crippen molar-refractivity contribution in [3.63, 3.8) is 0 Å². The normalized spacial score (nSPS) is 11.6. The Kier molecular flexibility index (Phi) is 3.49. The number of hydrogen-bond donors (Lipinski definition) is 0. The molecule has 1 nitrogen and oxygen atoms in total. The number of halogens is 3. The third-order valence-electron chi connectivity index (χ3n) is 2.77. The van der Waals surface area contributed by atoms with E-state index >= 15 is 0 Å². The maximum absolute atomic E-state index is 12.8. The largest absolute Gasteiger partial charge is 0.416 e. The van der Waals surface area contributed by atoms with Gasteiger partial charge in [0.1, 0.15) is 6.29 Å². The Morgan fingerprint density at radius 2 is 1.79 bits per heavy atom. The fourth-order valence-electron chi connectivity index (χ4n) is 1.96. The summed E-state index contributed by atoms with van der Waals surface area (Å²) in [7, 11) is 0. The zero-order valence-corrected chi connectivity index (χ0v) is 11.2. The average molecular weight is 284 g/mol. The lowest BCUT2D eigenvalue weighted by molar-refractivity contribution is -0.137. The van der Waals surface area contributed by atoms with Gasteiger partial charge in [0.25, 0.3) is 0 Å². The molecule has 0 spiro atoms. The van der Waals surface area contributed by atoms with Crippen LogP contribution >= 0.6 is 11.3 Å². The van der Waals surface area contributed by atoms with E-state index in [9.17, 15) is 18.0 Å². The minimum absolute atomic E-state index is 0.0353. The van der Waals surface area contributed by atoms with Crippen LogP contribution in [0.1, 0.15) is 25.7 Å². The molecule has 19 heavy (non-hydrogen) atoms. The number of benzene rings is 1. The molecular formula is C14H11F3OS. The topological polar surface area (TPSA) is 17.1 Å². The molecule has 0 aliphatic rings. The van der Waals surface area contributed by atoms with E-state index in [2.05, 4.69) is 0 Å². The zero-order valence-electron chi connectivity index (χ0n) is 10.3. The van der Waals surface area contributed by atoms with E-state index < -0.39 is 11.7 Å². The molecule has 0 atom stereocenters. The van der Waals surface area contributed by atoms with Crippen LogP contribution in [-0.4, -0.2) is 6.29 Å². The molecule has 1 aromatic carbocycles. The van der Waals surface area contributed by atoms with Gasteiger partial charge in [0.15, 0.2) is 0 Å². The van der Waals surface area contributed by atoms with Crippen molar-refractivity contribution in [2.24, 2.45) is 0 Å². The van der Waals surface area contributed by atoms with Crippen molar-refractivity contribution < 1.29 is 18.0 Å². The Balaban J connectivity index is 2.64. The number of hydrogen-bond acceptors (Lipinski definition) is 2. The van der Waals surface area contributed by atoms with Gasteiger partial charge in [-0.05, 0) is 49.2 Å². The van der Waals surface area contributed by atoms with Crippen LogP contribution in [0.2, 0.25) is 0 Å². The lowest BCUT2D eigenvalue weighted by Crippen LogP contribution is -2.06. The second kappa shape index (κ2) is 4.81. The summed E-state index contributed by atoms with van der Waals surface area (Å²) < 4.78 is 38.4. The fraction of sp³-hybridized carbons (Fsp3) is 0.214. The van der Waals surface area contributed by atoms with Crippen molar-refractivity contribution in [1.82, 2.24) is 0 Å². The fourth-order valence-corrected chi connectivity index (χ4v) is 2.90. The van der Waals surface area contributed by atoms with Crippen LogP contribution in [0.15, 0.2) is 24.3 Å². The molecule has 2 aromatic rings. The molecule has 2 rings (SSSR count). The van der Waals surface area contributed by atoms with Gasteiger partial charge >= 0.3 is 6.18 Å². The van der Waals surface area contributed by atoms with E-state index in [0.717, 1.165) is 27.5 Å². The third kappa shape index (κ3) is 2.87. The SMILES string of the molecule is Cc1cc(-c2cc(C=O)cc(C(F)(F)F)c2)c(C)s1. The van der Waals surface area contributed by atoms with Crippen molar-refractivity contribution in [1.29, 1.82) is 0 Å². The number of carbonyl (C=O) groups is 1. The predicted molar refractivity (Wildman–Crippen MR) is 69.6 cm³/mol. The van der Waals surface area contributed by atoms with Crippen LogP contribution in [0, 0.1) is 13.8 Å². The number of alkyl halides is 3. The Bertz CT molecular complexity index is 626. The highest BCUT2D eigenvalue weighted by Gasteiger charge is 2.31. The van der Waals surface area contributed by atoms with Crippen LogP contribution in [0.4, 0.5) is 13.2 Å². The van der Waals surface area contributed by atoms with Crippen molar-refractivity contribution in [2.75, 3.05) is 0 Å². The highest BCUT2D eigenvalue weighted by molar-refractivity contribution is 7.12. The van der Waals surface area contributed by atoms with Crippen LogP contribution in [0.25, 0.3) is 11.1 Å². The summed E-state index contributed by atoms with van der Waals surface area (Å²) in [5.41, 5.74) is 0.416. The van der Waals surface area contributed by atoms with E-state index in [1.54, 1.807) is 0 Å². The number of rotatable bonds is 2. The first kappa shape index (κ1) is 13.8. The second-order valence-corrected chi connectivity index (χ2v) is 5.75. The van der Waals surface area contributed by atoms with Crippen molar-refractivity contribution in [2.45, 2.75) is 20.0 Å². The van der Waals surface area contributed by atoms with Gasteiger partial charge in [-0.1, -0.05) is 0 Å². The van der Waals surface area contributed by atoms with Gasteiger partial charge in [-0.15, -0.1) is 11.3 Å². The van der Waals surface area contributed by atoms with Gasteiger partial charge in [0.05, 0.1) is 5.56 Å². The van der Waals surface area contributed by atoms with Crippen LogP contribution in [0.3, 0.4) is 0 Å². The van der Waals surface area contributed by atoms with Crippen molar-refractivity contribution >= 4 is 17.6 Å². The van der Waals surface area contributed by atoms with Gasteiger partial charge in [-0.2, -0.15) is 13.2 Å². The predicted octanol–water partition coefficient (Wildman–Crippen LogP) is 4.86. The van der Waals surface area contributed by atoms with E-state index in [4.69, 9.17) is 0 Å². The van der Waals surface area contributed by atoms with Gasteiger partial charge in [0.2, 0.25) is 0 Å². The third-order valence-corrected chi connectivity index (χ3v) is 3.74. The highest BCUT2D eigenvalue weighted by atomic mass is 32.1. The quantitative estimate of drug-likeness (QED) is 0.719. The molecule has 5 heteroatoms. The van der Waals surface area contributed by atoms with E-state index in [-0.39, 0.29) is 5.56 Å². The van der Waals surface area contributed by atoms with Crippen LogP contribution in [-0.2, 0) is 6.18 Å². The number of aldehydes is 1. The number of aryl methyl sites for hydroxylation is 2. The molecule has 1 heterocycles. The molecule has 0 unspecified atom stereocenters. The van der Waals surface area contributed by atoms with Crippen LogP contribution < -0.4 is 0 Å². The highest BCUT2D eigenvalue weighted by Crippen LogP contribution is 2.36. The Morgan fingerprint density at radius 3 is 2.26 bits per heavy atom. The molecule has 0 fully saturated rings. The monoisotopic (exact) mass is 284 g/mol. The first-order valence-electron chi connectivity index (χ1n) is 5.56. The molecule has 0 N–H and O–H groups in total. The summed E-state index contributed by atoms with van der Waals surface area (Å²) in [6, 6.07) is 5.27. The van der Waals surface area contributed by atoms with Crippen molar-refractivity contribution in [3.8, 4) is 11.1 Å². The van der Waals surface area contributed by atoms with E-state index in [0.29, 0.717) is 11.8 Å².